The van der Waals surface area contributed by atoms with Gasteiger partial charge in [-0.1, -0.05) is 0 Å². The van der Waals surface area contributed by atoms with E-state index in [2.05, 4.69) is 4.90 Å². The number of non-ortho nitro benzene ring substituents is 1. The van der Waals surface area contributed by atoms with Crippen molar-refractivity contribution in [3.05, 3.63) is 38.8 Å². The van der Waals surface area contributed by atoms with Crippen molar-refractivity contribution in [2.24, 2.45) is 0 Å². The number of nitro groups is 1. The van der Waals surface area contributed by atoms with Gasteiger partial charge in [-0.15, -0.1) is 0 Å². The summed E-state index contributed by atoms with van der Waals surface area (Å²) in [6, 6.07) is 4.56. The SMILES string of the molecule is COCCCN1C(=O)S/C(=C\c2cc([N+](=O)[O-])ccc2N2CCOCC2)C1=O. The number of thioether (sulfide) groups is 1. The molecule has 0 N–H and O–H groups in total. The number of amides is 2. The van der Waals surface area contributed by atoms with Crippen LogP contribution in [0.1, 0.15) is 12.0 Å². The summed E-state index contributed by atoms with van der Waals surface area (Å²) in [7, 11) is 1.56. The molecule has 2 amide bonds. The standard InChI is InChI=1S/C18H21N3O6S/c1-26-8-2-5-20-17(22)16(28-18(20)23)12-13-11-14(21(24)25)3-4-15(13)19-6-9-27-10-7-19/h3-4,11-12H,2,5-10H2,1H3/b16-12-. The Bertz CT molecular complexity index is 807. The van der Waals surface area contributed by atoms with E-state index in [0.717, 1.165) is 17.4 Å². The lowest BCUT2D eigenvalue weighted by atomic mass is 10.1. The van der Waals surface area contributed by atoms with Crippen molar-refractivity contribution in [2.75, 3.05) is 51.5 Å². The molecule has 10 heteroatoms. The summed E-state index contributed by atoms with van der Waals surface area (Å²) in [6.45, 7) is 3.15. The van der Waals surface area contributed by atoms with E-state index < -0.39 is 4.92 Å². The summed E-state index contributed by atoms with van der Waals surface area (Å²) in [5.41, 5.74) is 1.25. The van der Waals surface area contributed by atoms with E-state index in [1.165, 1.54) is 17.0 Å². The smallest absolute Gasteiger partial charge is 0.293 e. The first kappa shape index (κ1) is 20.3. The Labute approximate surface area is 166 Å². The topological polar surface area (TPSA) is 102 Å². The largest absolute Gasteiger partial charge is 0.385 e. The first-order valence-electron chi connectivity index (χ1n) is 8.86. The molecule has 0 spiro atoms. The maximum Gasteiger partial charge on any atom is 0.293 e. The van der Waals surface area contributed by atoms with Crippen LogP contribution in [0.15, 0.2) is 23.1 Å². The first-order chi connectivity index (χ1) is 13.5. The first-order valence-corrected chi connectivity index (χ1v) is 9.68. The number of nitrogens with zero attached hydrogens (tertiary/aromatic N) is 3. The Kier molecular flexibility index (Phi) is 6.65. The van der Waals surface area contributed by atoms with Crippen LogP contribution in [0, 0.1) is 10.1 Å². The van der Waals surface area contributed by atoms with Crippen LogP contribution in [0.25, 0.3) is 6.08 Å². The van der Waals surface area contributed by atoms with Gasteiger partial charge in [0.2, 0.25) is 0 Å². The van der Waals surface area contributed by atoms with Crippen LogP contribution < -0.4 is 4.90 Å². The van der Waals surface area contributed by atoms with Crippen LogP contribution in [0.2, 0.25) is 0 Å². The number of morpholine rings is 1. The second-order valence-corrected chi connectivity index (χ2v) is 7.27. The fourth-order valence-corrected chi connectivity index (χ4v) is 3.92. The zero-order valence-corrected chi connectivity index (χ0v) is 16.3. The van der Waals surface area contributed by atoms with E-state index in [-0.39, 0.29) is 28.3 Å². The second-order valence-electron chi connectivity index (χ2n) is 6.28. The van der Waals surface area contributed by atoms with E-state index >= 15 is 0 Å². The molecule has 0 radical (unpaired) electrons. The molecule has 28 heavy (non-hydrogen) atoms. The predicted molar refractivity (Wildman–Crippen MR) is 105 cm³/mol. The highest BCUT2D eigenvalue weighted by atomic mass is 32.2. The van der Waals surface area contributed by atoms with Crippen molar-refractivity contribution in [1.82, 2.24) is 4.90 Å². The summed E-state index contributed by atoms with van der Waals surface area (Å²) in [6.07, 6.45) is 2.12. The van der Waals surface area contributed by atoms with Crippen LogP contribution in [-0.2, 0) is 14.3 Å². The molecule has 2 saturated heterocycles. The van der Waals surface area contributed by atoms with Gasteiger partial charge < -0.3 is 14.4 Å². The number of rotatable bonds is 7. The van der Waals surface area contributed by atoms with E-state index in [9.17, 15) is 19.7 Å². The maximum absolute atomic E-state index is 12.6. The van der Waals surface area contributed by atoms with Gasteiger partial charge >= 0.3 is 0 Å². The zero-order valence-electron chi connectivity index (χ0n) is 15.5. The summed E-state index contributed by atoms with van der Waals surface area (Å²) in [4.78, 5) is 39.0. The van der Waals surface area contributed by atoms with Gasteiger partial charge in [-0.3, -0.25) is 24.6 Å². The highest BCUT2D eigenvalue weighted by Crippen LogP contribution is 2.35. The highest BCUT2D eigenvalue weighted by molar-refractivity contribution is 8.18. The molecule has 2 aliphatic rings. The summed E-state index contributed by atoms with van der Waals surface area (Å²) in [5.74, 6) is -0.384. The lowest BCUT2D eigenvalue weighted by molar-refractivity contribution is -0.384. The van der Waals surface area contributed by atoms with Crippen LogP contribution >= 0.6 is 11.8 Å². The Balaban J connectivity index is 1.90. The van der Waals surface area contributed by atoms with Crippen molar-refractivity contribution in [1.29, 1.82) is 0 Å². The normalized spacial score (nSPS) is 19.0. The summed E-state index contributed by atoms with van der Waals surface area (Å²) < 4.78 is 10.3. The number of hydrogen-bond acceptors (Lipinski definition) is 8. The number of carbonyl (C=O) groups excluding carboxylic acids is 2. The zero-order chi connectivity index (χ0) is 20.1. The number of hydrogen-bond donors (Lipinski definition) is 0. The van der Waals surface area contributed by atoms with E-state index in [0.29, 0.717) is 44.9 Å². The van der Waals surface area contributed by atoms with Gasteiger partial charge in [-0.2, -0.15) is 0 Å². The molecule has 0 unspecified atom stereocenters. The Morgan fingerprint density at radius 3 is 2.75 bits per heavy atom. The average molecular weight is 407 g/mol. The third kappa shape index (κ3) is 4.51. The van der Waals surface area contributed by atoms with Crippen molar-refractivity contribution in [3.8, 4) is 0 Å². The number of nitro benzene ring substituents is 1. The fraction of sp³-hybridized carbons (Fsp3) is 0.444. The molecule has 0 atom stereocenters. The molecule has 0 bridgehead atoms. The van der Waals surface area contributed by atoms with Crippen LogP contribution in [-0.4, -0.2) is 67.5 Å². The molecule has 1 aromatic rings. The molecule has 0 aliphatic carbocycles. The molecule has 9 nitrogen and oxygen atoms in total. The minimum atomic E-state index is -0.475. The summed E-state index contributed by atoms with van der Waals surface area (Å²) >= 11 is 0.849. The molecule has 0 saturated carbocycles. The number of ether oxygens (including phenoxy) is 2. The molecule has 2 fully saturated rings. The van der Waals surface area contributed by atoms with Gasteiger partial charge in [0.25, 0.3) is 16.8 Å². The van der Waals surface area contributed by atoms with Gasteiger partial charge in [0, 0.05) is 56.7 Å². The van der Waals surface area contributed by atoms with Gasteiger partial charge in [0.15, 0.2) is 0 Å². The van der Waals surface area contributed by atoms with Gasteiger partial charge in [0.05, 0.1) is 23.0 Å². The van der Waals surface area contributed by atoms with Crippen molar-refractivity contribution in [3.63, 3.8) is 0 Å². The van der Waals surface area contributed by atoms with E-state index in [1.54, 1.807) is 19.3 Å². The van der Waals surface area contributed by atoms with Gasteiger partial charge in [0.1, 0.15) is 0 Å². The third-order valence-corrected chi connectivity index (χ3v) is 5.37. The lowest BCUT2D eigenvalue weighted by Gasteiger charge is -2.30. The third-order valence-electron chi connectivity index (χ3n) is 4.46. The van der Waals surface area contributed by atoms with E-state index in [1.807, 2.05) is 0 Å². The minimum absolute atomic E-state index is 0.0671. The molecule has 1 aromatic carbocycles. The van der Waals surface area contributed by atoms with Crippen LogP contribution in [0.3, 0.4) is 0 Å². The van der Waals surface area contributed by atoms with Crippen LogP contribution in [0.4, 0.5) is 16.2 Å². The number of imide groups is 1. The second kappa shape index (κ2) is 9.18. The van der Waals surface area contributed by atoms with Gasteiger partial charge in [-0.05, 0) is 30.3 Å². The van der Waals surface area contributed by atoms with Crippen molar-refractivity contribution >= 4 is 40.4 Å². The number of benzene rings is 1. The highest BCUT2D eigenvalue weighted by Gasteiger charge is 2.35. The Morgan fingerprint density at radius 1 is 1.32 bits per heavy atom. The predicted octanol–water partition coefficient (Wildman–Crippen LogP) is 2.50. The quantitative estimate of drug-likeness (QED) is 0.294. The lowest BCUT2D eigenvalue weighted by Crippen LogP contribution is -2.36. The van der Waals surface area contributed by atoms with Crippen LogP contribution in [0.5, 0.6) is 0 Å². The fourth-order valence-electron chi connectivity index (χ4n) is 3.06. The molecule has 2 aliphatic heterocycles. The molecule has 3 rings (SSSR count). The number of anilines is 1. The number of methoxy groups -OCH3 is 1. The monoisotopic (exact) mass is 407 g/mol. The van der Waals surface area contributed by atoms with Gasteiger partial charge in [-0.25, -0.2) is 0 Å². The Hall–Kier alpha value is -2.43. The maximum atomic E-state index is 12.6. The summed E-state index contributed by atoms with van der Waals surface area (Å²) in [5, 5.41) is 10.9. The van der Waals surface area contributed by atoms with Crippen molar-refractivity contribution in [2.45, 2.75) is 6.42 Å². The van der Waals surface area contributed by atoms with Crippen molar-refractivity contribution < 1.29 is 24.0 Å². The average Bonchev–Trinajstić information content (AvgIpc) is 2.96. The Morgan fingerprint density at radius 2 is 2.07 bits per heavy atom. The molecule has 2 heterocycles. The molecular weight excluding hydrogens is 386 g/mol. The van der Waals surface area contributed by atoms with E-state index in [4.69, 9.17) is 9.47 Å². The molecular formula is C18H21N3O6S. The molecule has 150 valence electrons. The molecule has 0 aromatic heterocycles. The number of carbonyl (C=O) groups is 2. The minimum Gasteiger partial charge on any atom is -0.385 e.